The number of amides is 2. The standard InChI is InChI=1S/C17H25N3O2S/c1-13(21)18-10-14-2-7-20(8-3-14)17(22)12-19-6-4-16-15(11-19)5-9-23-16/h5,9,14H,2-4,6-8,10-12H2,1H3,(H,18,21). The van der Waals surface area contributed by atoms with Crippen molar-refractivity contribution >= 4 is 23.2 Å². The van der Waals surface area contributed by atoms with E-state index in [0.29, 0.717) is 12.5 Å². The molecule has 0 radical (unpaired) electrons. The topological polar surface area (TPSA) is 52.7 Å². The van der Waals surface area contributed by atoms with Crippen LogP contribution >= 0.6 is 11.3 Å². The average molecular weight is 335 g/mol. The number of nitrogens with one attached hydrogen (secondary N) is 1. The highest BCUT2D eigenvalue weighted by Gasteiger charge is 2.25. The van der Waals surface area contributed by atoms with Crippen molar-refractivity contribution in [3.63, 3.8) is 0 Å². The highest BCUT2D eigenvalue weighted by Crippen LogP contribution is 2.24. The third-order valence-electron chi connectivity index (χ3n) is 4.85. The van der Waals surface area contributed by atoms with E-state index in [0.717, 1.165) is 52.0 Å². The van der Waals surface area contributed by atoms with Crippen LogP contribution in [-0.4, -0.2) is 54.3 Å². The zero-order valence-electron chi connectivity index (χ0n) is 13.7. The summed E-state index contributed by atoms with van der Waals surface area (Å²) in [4.78, 5) is 29.2. The minimum Gasteiger partial charge on any atom is -0.356 e. The zero-order chi connectivity index (χ0) is 16.2. The van der Waals surface area contributed by atoms with Gasteiger partial charge in [-0.15, -0.1) is 11.3 Å². The largest absolute Gasteiger partial charge is 0.356 e. The van der Waals surface area contributed by atoms with Gasteiger partial charge in [-0.3, -0.25) is 14.5 Å². The van der Waals surface area contributed by atoms with Gasteiger partial charge in [0.2, 0.25) is 11.8 Å². The summed E-state index contributed by atoms with van der Waals surface area (Å²) in [5, 5.41) is 5.03. The van der Waals surface area contributed by atoms with Crippen LogP contribution in [0.25, 0.3) is 0 Å². The highest BCUT2D eigenvalue weighted by molar-refractivity contribution is 7.10. The van der Waals surface area contributed by atoms with Crippen molar-refractivity contribution in [1.82, 2.24) is 15.1 Å². The lowest BCUT2D eigenvalue weighted by Crippen LogP contribution is -2.46. The second kappa shape index (κ2) is 7.45. The van der Waals surface area contributed by atoms with Gasteiger partial charge in [0.25, 0.3) is 0 Å². The number of likely N-dealkylation sites (tertiary alicyclic amines) is 1. The number of carbonyl (C=O) groups is 2. The molecular weight excluding hydrogens is 310 g/mol. The van der Waals surface area contributed by atoms with E-state index in [-0.39, 0.29) is 11.8 Å². The Labute approximate surface area is 141 Å². The summed E-state index contributed by atoms with van der Waals surface area (Å²) in [6, 6.07) is 2.18. The molecule has 3 rings (SSSR count). The molecule has 6 heteroatoms. The Bertz CT molecular complexity index is 564. The van der Waals surface area contributed by atoms with Crippen LogP contribution in [0.1, 0.15) is 30.2 Å². The van der Waals surface area contributed by atoms with Gasteiger partial charge >= 0.3 is 0 Å². The predicted molar refractivity (Wildman–Crippen MR) is 91.3 cm³/mol. The van der Waals surface area contributed by atoms with Gasteiger partial charge in [0.15, 0.2) is 0 Å². The van der Waals surface area contributed by atoms with Gasteiger partial charge in [0.05, 0.1) is 6.54 Å². The quantitative estimate of drug-likeness (QED) is 0.907. The fourth-order valence-electron chi connectivity index (χ4n) is 3.41. The molecule has 2 amide bonds. The number of hydrogen-bond donors (Lipinski definition) is 1. The Morgan fingerprint density at radius 1 is 1.30 bits per heavy atom. The normalized spacial score (nSPS) is 19.4. The number of fused-ring (bicyclic) bond motifs is 1. The lowest BCUT2D eigenvalue weighted by molar-refractivity contribution is -0.134. The SMILES string of the molecule is CC(=O)NCC1CCN(C(=O)CN2CCc3sccc3C2)CC1. The first-order chi connectivity index (χ1) is 11.1. The van der Waals surface area contributed by atoms with Crippen LogP contribution in [-0.2, 0) is 22.6 Å². The van der Waals surface area contributed by atoms with Crippen LogP contribution < -0.4 is 5.32 Å². The van der Waals surface area contributed by atoms with Crippen LogP contribution in [0.2, 0.25) is 0 Å². The summed E-state index contributed by atoms with van der Waals surface area (Å²) in [6.45, 7) is 6.36. The number of hydrogen-bond acceptors (Lipinski definition) is 4. The Kier molecular flexibility index (Phi) is 5.33. The van der Waals surface area contributed by atoms with E-state index < -0.39 is 0 Å². The molecule has 23 heavy (non-hydrogen) atoms. The molecule has 1 aromatic heterocycles. The van der Waals surface area contributed by atoms with Crippen molar-refractivity contribution in [1.29, 1.82) is 0 Å². The Hall–Kier alpha value is -1.40. The van der Waals surface area contributed by atoms with Crippen molar-refractivity contribution in [3.05, 3.63) is 21.9 Å². The average Bonchev–Trinajstić information content (AvgIpc) is 3.01. The van der Waals surface area contributed by atoms with E-state index >= 15 is 0 Å². The fourth-order valence-corrected chi connectivity index (χ4v) is 4.30. The molecule has 126 valence electrons. The molecule has 0 spiro atoms. The first-order valence-electron chi connectivity index (χ1n) is 8.41. The molecule has 0 aliphatic carbocycles. The highest BCUT2D eigenvalue weighted by atomic mass is 32.1. The third-order valence-corrected chi connectivity index (χ3v) is 5.88. The molecule has 1 saturated heterocycles. The van der Waals surface area contributed by atoms with Crippen molar-refractivity contribution in [2.75, 3.05) is 32.7 Å². The number of rotatable bonds is 4. The van der Waals surface area contributed by atoms with Gasteiger partial charge < -0.3 is 10.2 Å². The smallest absolute Gasteiger partial charge is 0.236 e. The number of piperidine rings is 1. The molecule has 1 fully saturated rings. The van der Waals surface area contributed by atoms with Crippen molar-refractivity contribution in [2.24, 2.45) is 5.92 Å². The van der Waals surface area contributed by atoms with Crippen LogP contribution in [0.4, 0.5) is 0 Å². The summed E-state index contributed by atoms with van der Waals surface area (Å²) in [5.41, 5.74) is 1.39. The van der Waals surface area contributed by atoms with Crippen LogP contribution in [0.3, 0.4) is 0 Å². The van der Waals surface area contributed by atoms with Crippen LogP contribution in [0.15, 0.2) is 11.4 Å². The van der Waals surface area contributed by atoms with Gasteiger partial charge in [0.1, 0.15) is 0 Å². The van der Waals surface area contributed by atoms with Gasteiger partial charge in [-0.25, -0.2) is 0 Å². The Morgan fingerprint density at radius 3 is 2.83 bits per heavy atom. The van der Waals surface area contributed by atoms with E-state index in [4.69, 9.17) is 0 Å². The molecule has 2 aliphatic rings. The first kappa shape index (κ1) is 16.5. The molecule has 3 heterocycles. The van der Waals surface area contributed by atoms with Crippen LogP contribution in [0.5, 0.6) is 0 Å². The molecule has 0 atom stereocenters. The van der Waals surface area contributed by atoms with Crippen LogP contribution in [0, 0.1) is 5.92 Å². The molecule has 2 aliphatic heterocycles. The molecule has 0 aromatic carbocycles. The summed E-state index contributed by atoms with van der Waals surface area (Å²) in [5.74, 6) is 0.786. The fraction of sp³-hybridized carbons (Fsp3) is 0.647. The maximum atomic E-state index is 12.5. The van der Waals surface area contributed by atoms with E-state index in [1.165, 1.54) is 10.4 Å². The molecule has 0 bridgehead atoms. The van der Waals surface area contributed by atoms with Gasteiger partial charge in [-0.05, 0) is 42.2 Å². The summed E-state index contributed by atoms with van der Waals surface area (Å²) in [7, 11) is 0. The van der Waals surface area contributed by atoms with Gasteiger partial charge in [-0.1, -0.05) is 0 Å². The first-order valence-corrected chi connectivity index (χ1v) is 9.29. The maximum Gasteiger partial charge on any atom is 0.236 e. The lowest BCUT2D eigenvalue weighted by atomic mass is 9.96. The monoisotopic (exact) mass is 335 g/mol. The zero-order valence-corrected chi connectivity index (χ0v) is 14.5. The lowest BCUT2D eigenvalue weighted by Gasteiger charge is -2.34. The third kappa shape index (κ3) is 4.32. The van der Waals surface area contributed by atoms with E-state index in [9.17, 15) is 9.59 Å². The Balaban J connectivity index is 1.42. The van der Waals surface area contributed by atoms with E-state index in [1.807, 2.05) is 16.2 Å². The summed E-state index contributed by atoms with van der Waals surface area (Å²) >= 11 is 1.83. The van der Waals surface area contributed by atoms with Gasteiger partial charge in [0, 0.05) is 44.5 Å². The maximum absolute atomic E-state index is 12.5. The molecule has 0 saturated carbocycles. The number of carbonyl (C=O) groups excluding carboxylic acids is 2. The molecular formula is C17H25N3O2S. The van der Waals surface area contributed by atoms with Gasteiger partial charge in [-0.2, -0.15) is 0 Å². The summed E-state index contributed by atoms with van der Waals surface area (Å²) in [6.07, 6.45) is 3.04. The van der Waals surface area contributed by atoms with E-state index in [1.54, 1.807) is 6.92 Å². The second-order valence-electron chi connectivity index (χ2n) is 6.59. The molecule has 0 unspecified atom stereocenters. The Morgan fingerprint density at radius 2 is 2.09 bits per heavy atom. The van der Waals surface area contributed by atoms with Crippen molar-refractivity contribution < 1.29 is 9.59 Å². The number of thiophene rings is 1. The minimum atomic E-state index is 0.0291. The summed E-state index contributed by atoms with van der Waals surface area (Å²) < 4.78 is 0. The molecule has 1 aromatic rings. The minimum absolute atomic E-state index is 0.0291. The van der Waals surface area contributed by atoms with E-state index in [2.05, 4.69) is 21.7 Å². The molecule has 5 nitrogen and oxygen atoms in total. The van der Waals surface area contributed by atoms with Crippen molar-refractivity contribution in [2.45, 2.75) is 32.7 Å². The predicted octanol–water partition coefficient (Wildman–Crippen LogP) is 1.48. The van der Waals surface area contributed by atoms with Crippen molar-refractivity contribution in [3.8, 4) is 0 Å². The number of nitrogens with zero attached hydrogens (tertiary/aromatic N) is 2. The second-order valence-corrected chi connectivity index (χ2v) is 7.59. The molecule has 1 N–H and O–H groups in total.